The van der Waals surface area contributed by atoms with Gasteiger partial charge in [0.05, 0.1) is 16.8 Å². The van der Waals surface area contributed by atoms with Crippen molar-refractivity contribution >= 4 is 28.3 Å². The van der Waals surface area contributed by atoms with Gasteiger partial charge in [0.2, 0.25) is 0 Å². The van der Waals surface area contributed by atoms with Crippen LogP contribution in [0.15, 0.2) is 42.5 Å². The summed E-state index contributed by atoms with van der Waals surface area (Å²) in [6.07, 6.45) is 5.76. The van der Waals surface area contributed by atoms with Gasteiger partial charge in [0.15, 0.2) is 5.78 Å². The van der Waals surface area contributed by atoms with Gasteiger partial charge in [-0.05, 0) is 28.8 Å². The second kappa shape index (κ2) is 6.62. The summed E-state index contributed by atoms with van der Waals surface area (Å²) in [4.78, 5) is 16.2. The Hall–Kier alpha value is -2.58. The van der Waals surface area contributed by atoms with Gasteiger partial charge in [-0.1, -0.05) is 41.9 Å². The molecule has 0 amide bonds. The molecule has 0 saturated carbocycles. The number of H-pyrrole nitrogens is 1. The average Bonchev–Trinajstić information content (AvgIpc) is 3.26. The highest BCUT2D eigenvalue weighted by Gasteiger charge is 2.29. The van der Waals surface area contributed by atoms with E-state index in [4.69, 9.17) is 23.8 Å². The van der Waals surface area contributed by atoms with Gasteiger partial charge >= 0.3 is 0 Å². The van der Waals surface area contributed by atoms with Crippen molar-refractivity contribution in [2.24, 2.45) is 5.73 Å². The van der Waals surface area contributed by atoms with Crippen LogP contribution in [0.1, 0.15) is 45.7 Å². The van der Waals surface area contributed by atoms with Crippen molar-refractivity contribution in [2.75, 3.05) is 0 Å². The standard InChI is InChI=1S/C21H18ClN3O/c1-2-5-16(23)14-8-9-17-15(19(14)22)10-18(25-17)21(26)20-13-7-4-3-6-12(13)11-24-20/h1,3-4,6-10,16,20,24-25H,5,11,23H2. The number of ketones is 1. The van der Waals surface area contributed by atoms with Crippen LogP contribution in [-0.2, 0) is 6.54 Å². The zero-order chi connectivity index (χ0) is 18.3. The van der Waals surface area contributed by atoms with Crippen LogP contribution >= 0.6 is 11.6 Å². The maximum absolute atomic E-state index is 13.0. The Morgan fingerprint density at radius 2 is 2.15 bits per heavy atom. The van der Waals surface area contributed by atoms with E-state index in [1.807, 2.05) is 36.4 Å². The summed E-state index contributed by atoms with van der Waals surface area (Å²) in [6.45, 7) is 0.693. The number of carbonyl (C=O) groups excluding carboxylic acids is 1. The van der Waals surface area contributed by atoms with Gasteiger partial charge < -0.3 is 10.7 Å². The van der Waals surface area contributed by atoms with Crippen molar-refractivity contribution in [3.63, 3.8) is 0 Å². The molecule has 0 fully saturated rings. The third-order valence-corrected chi connectivity index (χ3v) is 5.32. The van der Waals surface area contributed by atoms with E-state index in [2.05, 4.69) is 16.2 Å². The number of terminal acetylenes is 1. The predicted octanol–water partition coefficient (Wildman–Crippen LogP) is 3.87. The first kappa shape index (κ1) is 16.9. The molecule has 2 aromatic carbocycles. The van der Waals surface area contributed by atoms with Crippen molar-refractivity contribution in [2.45, 2.75) is 25.0 Å². The highest BCUT2D eigenvalue weighted by molar-refractivity contribution is 6.36. The molecule has 26 heavy (non-hydrogen) atoms. The molecule has 2 atom stereocenters. The van der Waals surface area contributed by atoms with E-state index < -0.39 is 0 Å². The summed E-state index contributed by atoms with van der Waals surface area (Å²) in [6, 6.07) is 12.8. The molecule has 4 rings (SSSR count). The van der Waals surface area contributed by atoms with Crippen LogP contribution in [0.4, 0.5) is 0 Å². The molecule has 1 aliphatic rings. The number of halogens is 1. The zero-order valence-electron chi connectivity index (χ0n) is 14.1. The van der Waals surface area contributed by atoms with Gasteiger partial charge in [0.1, 0.15) is 0 Å². The lowest BCUT2D eigenvalue weighted by Gasteiger charge is -2.11. The largest absolute Gasteiger partial charge is 0.352 e. The van der Waals surface area contributed by atoms with Crippen molar-refractivity contribution in [1.29, 1.82) is 0 Å². The van der Waals surface area contributed by atoms with Gasteiger partial charge in [-0.15, -0.1) is 12.3 Å². The van der Waals surface area contributed by atoms with Crippen molar-refractivity contribution in [1.82, 2.24) is 10.3 Å². The molecule has 0 radical (unpaired) electrons. The van der Waals surface area contributed by atoms with Crippen LogP contribution < -0.4 is 11.1 Å². The maximum atomic E-state index is 13.0. The minimum atomic E-state index is -0.346. The van der Waals surface area contributed by atoms with E-state index in [9.17, 15) is 4.79 Å². The summed E-state index contributed by atoms with van der Waals surface area (Å²) in [5, 5.41) is 4.61. The predicted molar refractivity (Wildman–Crippen MR) is 104 cm³/mol. The highest BCUT2D eigenvalue weighted by atomic mass is 35.5. The molecule has 4 nitrogen and oxygen atoms in total. The molecule has 1 aromatic heterocycles. The fourth-order valence-corrected chi connectivity index (χ4v) is 3.89. The molecule has 1 aliphatic heterocycles. The summed E-state index contributed by atoms with van der Waals surface area (Å²) in [5.41, 5.74) is 10.4. The van der Waals surface area contributed by atoms with Crippen LogP contribution in [-0.4, -0.2) is 10.8 Å². The fraction of sp³-hybridized carbons (Fsp3) is 0.190. The lowest BCUT2D eigenvalue weighted by atomic mass is 10.00. The molecule has 5 heteroatoms. The topological polar surface area (TPSA) is 70.9 Å². The Bertz CT molecular complexity index is 1050. The molecule has 2 unspecified atom stereocenters. The van der Waals surface area contributed by atoms with E-state index in [-0.39, 0.29) is 17.9 Å². The normalized spacial score (nSPS) is 17.0. The first-order valence-electron chi connectivity index (χ1n) is 8.45. The molecular weight excluding hydrogens is 346 g/mol. The Balaban J connectivity index is 1.71. The third kappa shape index (κ3) is 2.71. The molecule has 0 bridgehead atoms. The molecule has 4 N–H and O–H groups in total. The van der Waals surface area contributed by atoms with Crippen molar-refractivity contribution < 1.29 is 4.79 Å². The molecule has 3 aromatic rings. The maximum Gasteiger partial charge on any atom is 0.200 e. The quantitative estimate of drug-likeness (QED) is 0.486. The Labute approximate surface area is 156 Å². The van der Waals surface area contributed by atoms with Crippen LogP contribution in [0.2, 0.25) is 5.02 Å². The van der Waals surface area contributed by atoms with Crippen LogP contribution in [0.25, 0.3) is 10.9 Å². The van der Waals surface area contributed by atoms with Gasteiger partial charge in [0.25, 0.3) is 0 Å². The Morgan fingerprint density at radius 3 is 2.96 bits per heavy atom. The van der Waals surface area contributed by atoms with Crippen LogP contribution in [0.3, 0.4) is 0 Å². The number of rotatable bonds is 4. The van der Waals surface area contributed by atoms with Gasteiger partial charge in [-0.3, -0.25) is 10.1 Å². The molecule has 0 aliphatic carbocycles. The zero-order valence-corrected chi connectivity index (χ0v) is 14.8. The monoisotopic (exact) mass is 363 g/mol. The second-order valence-corrected chi connectivity index (χ2v) is 6.88. The van der Waals surface area contributed by atoms with E-state index >= 15 is 0 Å². The second-order valence-electron chi connectivity index (χ2n) is 6.50. The number of benzene rings is 2. The lowest BCUT2D eigenvalue weighted by molar-refractivity contribution is 0.0944. The summed E-state index contributed by atoms with van der Waals surface area (Å²) < 4.78 is 0. The SMILES string of the molecule is C#CCC(N)c1ccc2[nH]c(C(=O)C3NCc4ccccc43)cc2c1Cl. The molecular formula is C21H18ClN3O. The molecule has 2 heterocycles. The Kier molecular flexibility index (Phi) is 4.29. The first-order valence-corrected chi connectivity index (χ1v) is 8.83. The van der Waals surface area contributed by atoms with Crippen molar-refractivity contribution in [3.8, 4) is 12.3 Å². The Morgan fingerprint density at radius 1 is 1.35 bits per heavy atom. The molecule has 0 saturated heterocycles. The third-order valence-electron chi connectivity index (χ3n) is 4.90. The number of aromatic amines is 1. The van der Waals surface area contributed by atoms with E-state index in [1.54, 1.807) is 6.07 Å². The summed E-state index contributed by atoms with van der Waals surface area (Å²) in [7, 11) is 0. The number of nitrogens with two attached hydrogens (primary N) is 1. The molecule has 130 valence electrons. The highest BCUT2D eigenvalue weighted by Crippen LogP contribution is 2.34. The minimum absolute atomic E-state index is 0.00306. The first-order chi connectivity index (χ1) is 12.6. The number of hydrogen-bond donors (Lipinski definition) is 3. The summed E-state index contributed by atoms with van der Waals surface area (Å²) >= 11 is 6.54. The van der Waals surface area contributed by atoms with Gasteiger partial charge in [-0.2, -0.15) is 0 Å². The molecule has 0 spiro atoms. The minimum Gasteiger partial charge on any atom is -0.352 e. The van der Waals surface area contributed by atoms with Crippen molar-refractivity contribution in [3.05, 3.63) is 69.9 Å². The number of Topliss-reactive ketones (excluding diaryl/α,β-unsaturated/α-hetero) is 1. The number of carbonyl (C=O) groups is 1. The average molecular weight is 364 g/mol. The van der Waals surface area contributed by atoms with E-state index in [0.717, 1.165) is 27.6 Å². The fourth-order valence-electron chi connectivity index (χ4n) is 3.53. The van der Waals surface area contributed by atoms with E-state index in [1.165, 1.54) is 0 Å². The van der Waals surface area contributed by atoms with Crippen LogP contribution in [0, 0.1) is 12.3 Å². The van der Waals surface area contributed by atoms with Crippen LogP contribution in [0.5, 0.6) is 0 Å². The number of hydrogen-bond acceptors (Lipinski definition) is 3. The van der Waals surface area contributed by atoms with Gasteiger partial charge in [-0.25, -0.2) is 0 Å². The number of nitrogens with one attached hydrogen (secondary N) is 2. The smallest absolute Gasteiger partial charge is 0.200 e. The van der Waals surface area contributed by atoms with Gasteiger partial charge in [0, 0.05) is 29.9 Å². The van der Waals surface area contributed by atoms with E-state index in [0.29, 0.717) is 23.7 Å². The summed E-state index contributed by atoms with van der Waals surface area (Å²) in [5.74, 6) is 2.55. The lowest BCUT2D eigenvalue weighted by Crippen LogP contribution is -2.22. The number of fused-ring (bicyclic) bond motifs is 2. The number of aromatic nitrogens is 1.